The topological polar surface area (TPSA) is 81.2 Å². The molecule has 1 amide bonds. The highest BCUT2D eigenvalue weighted by Gasteiger charge is 2.51. The minimum Gasteiger partial charge on any atom is -0.465 e. The number of nitrogens with one attached hydrogen (secondary N) is 1. The van der Waals surface area contributed by atoms with Crippen molar-refractivity contribution in [1.82, 2.24) is 10.2 Å². The van der Waals surface area contributed by atoms with E-state index in [0.29, 0.717) is 22.5 Å². The van der Waals surface area contributed by atoms with Gasteiger partial charge in [0.05, 0.1) is 6.61 Å². The zero-order chi connectivity index (χ0) is 19.0. The number of aromatic nitrogens is 2. The fourth-order valence-corrected chi connectivity index (χ4v) is 7.69. The molecule has 27 heavy (non-hydrogen) atoms. The summed E-state index contributed by atoms with van der Waals surface area (Å²) in [6.45, 7) is 3.94. The number of esters is 1. The second-order valence-electron chi connectivity index (χ2n) is 8.53. The molecule has 0 aromatic carbocycles. The van der Waals surface area contributed by atoms with Crippen molar-refractivity contribution < 1.29 is 14.3 Å². The quantitative estimate of drug-likeness (QED) is 0.414. The summed E-state index contributed by atoms with van der Waals surface area (Å²) in [6.07, 6.45) is 8.43. The molecule has 0 saturated heterocycles. The largest absolute Gasteiger partial charge is 0.465 e. The van der Waals surface area contributed by atoms with Crippen LogP contribution < -0.4 is 5.32 Å². The van der Waals surface area contributed by atoms with E-state index >= 15 is 0 Å². The van der Waals surface area contributed by atoms with Crippen LogP contribution in [0.4, 0.5) is 5.13 Å². The van der Waals surface area contributed by atoms with E-state index in [1.807, 2.05) is 0 Å². The van der Waals surface area contributed by atoms with Gasteiger partial charge in [-0.25, -0.2) is 0 Å². The third-order valence-electron chi connectivity index (χ3n) is 6.25. The third-order valence-corrected chi connectivity index (χ3v) is 8.25. The number of nitrogens with zero attached hydrogens (tertiary/aromatic N) is 2. The highest BCUT2D eigenvalue weighted by molar-refractivity contribution is 8.02. The summed E-state index contributed by atoms with van der Waals surface area (Å²) in [5.74, 6) is 2.34. The van der Waals surface area contributed by atoms with Gasteiger partial charge in [0.1, 0.15) is 5.25 Å². The molecular formula is C19H27N3O3S2. The van der Waals surface area contributed by atoms with E-state index in [-0.39, 0.29) is 22.5 Å². The van der Waals surface area contributed by atoms with Gasteiger partial charge in [0.2, 0.25) is 11.0 Å². The molecule has 5 rings (SSSR count). The number of hydrogen-bond donors (Lipinski definition) is 1. The predicted octanol–water partition coefficient (Wildman–Crippen LogP) is 4.13. The van der Waals surface area contributed by atoms with Gasteiger partial charge in [0.15, 0.2) is 4.34 Å². The Morgan fingerprint density at radius 1 is 1.22 bits per heavy atom. The van der Waals surface area contributed by atoms with Crippen molar-refractivity contribution in [2.45, 2.75) is 68.4 Å². The number of anilines is 1. The van der Waals surface area contributed by atoms with Crippen LogP contribution in [-0.4, -0.2) is 33.9 Å². The number of carbonyl (C=O) groups excluding carboxylic acids is 2. The van der Waals surface area contributed by atoms with E-state index in [4.69, 9.17) is 4.74 Å². The summed E-state index contributed by atoms with van der Waals surface area (Å²) in [5.41, 5.74) is 0.222. The van der Waals surface area contributed by atoms with Crippen molar-refractivity contribution in [3.05, 3.63) is 0 Å². The summed E-state index contributed by atoms with van der Waals surface area (Å²) < 4.78 is 5.68. The van der Waals surface area contributed by atoms with Crippen LogP contribution in [0.5, 0.6) is 0 Å². The average Bonchev–Trinajstić information content (AvgIpc) is 2.99. The molecule has 1 unspecified atom stereocenters. The van der Waals surface area contributed by atoms with Crippen LogP contribution in [0.2, 0.25) is 0 Å². The maximum atomic E-state index is 12.7. The van der Waals surface area contributed by atoms with E-state index in [1.54, 1.807) is 13.8 Å². The van der Waals surface area contributed by atoms with E-state index in [2.05, 4.69) is 15.5 Å². The molecule has 4 bridgehead atoms. The van der Waals surface area contributed by atoms with Gasteiger partial charge in [0, 0.05) is 6.42 Å². The van der Waals surface area contributed by atoms with Gasteiger partial charge in [0.25, 0.3) is 0 Å². The first-order chi connectivity index (χ1) is 12.9. The Morgan fingerprint density at radius 2 is 1.85 bits per heavy atom. The van der Waals surface area contributed by atoms with E-state index in [0.717, 1.165) is 17.8 Å². The van der Waals surface area contributed by atoms with Gasteiger partial charge in [-0.05, 0) is 75.5 Å². The molecule has 0 aliphatic heterocycles. The third kappa shape index (κ3) is 4.31. The van der Waals surface area contributed by atoms with Gasteiger partial charge in [-0.3, -0.25) is 9.59 Å². The number of ether oxygens (including phenoxy) is 1. The Labute approximate surface area is 168 Å². The number of amides is 1. The summed E-state index contributed by atoms with van der Waals surface area (Å²) in [7, 11) is 0. The van der Waals surface area contributed by atoms with Crippen LogP contribution >= 0.6 is 23.1 Å². The molecule has 1 atom stereocenters. The predicted molar refractivity (Wildman–Crippen MR) is 106 cm³/mol. The maximum Gasteiger partial charge on any atom is 0.319 e. The lowest BCUT2D eigenvalue weighted by molar-refractivity contribution is -0.142. The van der Waals surface area contributed by atoms with E-state index in [9.17, 15) is 9.59 Å². The van der Waals surface area contributed by atoms with Gasteiger partial charge < -0.3 is 10.1 Å². The zero-order valence-corrected chi connectivity index (χ0v) is 17.5. The highest BCUT2D eigenvalue weighted by atomic mass is 32.2. The van der Waals surface area contributed by atoms with Crippen LogP contribution in [0.3, 0.4) is 0 Å². The van der Waals surface area contributed by atoms with Crippen LogP contribution in [-0.2, 0) is 14.3 Å². The second-order valence-corrected chi connectivity index (χ2v) is 11.1. The van der Waals surface area contributed by atoms with E-state index < -0.39 is 0 Å². The van der Waals surface area contributed by atoms with Crippen LogP contribution in [0, 0.1) is 23.2 Å². The Bertz CT molecular complexity index is 686. The lowest BCUT2D eigenvalue weighted by Gasteiger charge is -2.56. The number of hydrogen-bond acceptors (Lipinski definition) is 7. The number of thioether (sulfide) groups is 1. The molecule has 1 aromatic rings. The molecule has 1 N–H and O–H groups in total. The first-order valence-electron chi connectivity index (χ1n) is 9.91. The molecule has 0 spiro atoms. The molecule has 4 aliphatic rings. The maximum absolute atomic E-state index is 12.7. The average molecular weight is 410 g/mol. The zero-order valence-electron chi connectivity index (χ0n) is 15.9. The molecular weight excluding hydrogens is 382 g/mol. The summed E-state index contributed by atoms with van der Waals surface area (Å²) in [4.78, 5) is 24.4. The van der Waals surface area contributed by atoms with Crippen molar-refractivity contribution in [3.63, 3.8) is 0 Å². The summed E-state index contributed by atoms with van der Waals surface area (Å²) in [6, 6.07) is 0. The highest BCUT2D eigenvalue weighted by Crippen LogP contribution is 2.61. The molecule has 6 nitrogen and oxygen atoms in total. The number of rotatable bonds is 7. The van der Waals surface area contributed by atoms with Gasteiger partial charge in [-0.2, -0.15) is 0 Å². The van der Waals surface area contributed by atoms with Crippen molar-refractivity contribution in [1.29, 1.82) is 0 Å². The van der Waals surface area contributed by atoms with Crippen molar-refractivity contribution in [2.75, 3.05) is 11.9 Å². The van der Waals surface area contributed by atoms with E-state index in [1.165, 1.54) is 61.6 Å². The fourth-order valence-electron chi connectivity index (χ4n) is 5.78. The Balaban J connectivity index is 1.31. The normalized spacial score (nSPS) is 32.3. The summed E-state index contributed by atoms with van der Waals surface area (Å²) in [5, 5.41) is 11.3. The van der Waals surface area contributed by atoms with Crippen LogP contribution in [0.15, 0.2) is 4.34 Å². The van der Waals surface area contributed by atoms with Gasteiger partial charge in [-0.15, -0.1) is 10.2 Å². The van der Waals surface area contributed by atoms with Crippen molar-refractivity contribution in [3.8, 4) is 0 Å². The molecule has 4 fully saturated rings. The van der Waals surface area contributed by atoms with Crippen molar-refractivity contribution >= 4 is 40.1 Å². The smallest absolute Gasteiger partial charge is 0.319 e. The fraction of sp³-hybridized carbons (Fsp3) is 0.789. The molecule has 0 radical (unpaired) electrons. The first-order valence-corrected chi connectivity index (χ1v) is 11.6. The summed E-state index contributed by atoms with van der Waals surface area (Å²) >= 11 is 2.63. The molecule has 1 heterocycles. The van der Waals surface area contributed by atoms with Crippen LogP contribution in [0.25, 0.3) is 0 Å². The number of carbonyl (C=O) groups is 2. The molecule has 8 heteroatoms. The Hall–Kier alpha value is -1.15. The monoisotopic (exact) mass is 409 g/mol. The Kier molecular flexibility index (Phi) is 5.47. The van der Waals surface area contributed by atoms with Gasteiger partial charge in [-0.1, -0.05) is 23.1 Å². The molecule has 4 aliphatic carbocycles. The minimum absolute atomic E-state index is 0.0584. The molecule has 1 aromatic heterocycles. The van der Waals surface area contributed by atoms with Crippen molar-refractivity contribution in [2.24, 2.45) is 23.2 Å². The minimum atomic E-state index is -0.339. The molecule has 4 saturated carbocycles. The Morgan fingerprint density at radius 3 is 2.44 bits per heavy atom. The second kappa shape index (κ2) is 7.70. The first kappa shape index (κ1) is 19.2. The van der Waals surface area contributed by atoms with Crippen LogP contribution in [0.1, 0.15) is 58.8 Å². The molecule has 148 valence electrons. The SMILES string of the molecule is CCOC(=O)C(C)Sc1nnc(NC(=O)CC23CC4CC(CC(C4)C2)C3)s1. The standard InChI is InChI=1S/C19H27N3O3S2/c1-3-25-16(24)11(2)26-18-22-21-17(27-18)20-15(23)10-19-7-12-4-13(8-19)6-14(5-12)9-19/h11-14H,3-10H2,1-2H3,(H,20,21,23). The van der Waals surface area contributed by atoms with Gasteiger partial charge >= 0.3 is 5.97 Å². The lowest BCUT2D eigenvalue weighted by atomic mass is 9.49. The lowest BCUT2D eigenvalue weighted by Crippen LogP contribution is -2.47.